The van der Waals surface area contributed by atoms with E-state index in [4.69, 9.17) is 16.3 Å². The molecule has 0 aliphatic heterocycles. The van der Waals surface area contributed by atoms with E-state index in [1.165, 1.54) is 24.6 Å². The molecular weight excluding hydrogens is 357 g/mol. The molecule has 2 atom stereocenters. The van der Waals surface area contributed by atoms with Gasteiger partial charge in [-0.1, -0.05) is 41.9 Å². The minimum atomic E-state index is -1.06. The molecule has 4 nitrogen and oxygen atoms in total. The van der Waals surface area contributed by atoms with E-state index in [2.05, 4.69) is 11.4 Å². The molecule has 0 heterocycles. The van der Waals surface area contributed by atoms with Crippen molar-refractivity contribution in [2.45, 2.75) is 38.3 Å². The lowest BCUT2D eigenvalue weighted by Crippen LogP contribution is -2.39. The van der Waals surface area contributed by atoms with Crippen molar-refractivity contribution in [2.75, 3.05) is 0 Å². The highest BCUT2D eigenvalue weighted by Gasteiger charge is 2.27. The summed E-state index contributed by atoms with van der Waals surface area (Å²) in [5, 5.41) is 2.87. The number of fused-ring (bicyclic) bond motifs is 1. The van der Waals surface area contributed by atoms with Gasteiger partial charge in [-0.15, -0.1) is 0 Å². The van der Waals surface area contributed by atoms with Crippen LogP contribution in [0.4, 0.5) is 4.39 Å². The largest absolute Gasteiger partial charge is 0.449 e. The quantitative estimate of drug-likeness (QED) is 0.814. The van der Waals surface area contributed by atoms with E-state index in [0.29, 0.717) is 0 Å². The molecule has 0 radical (unpaired) electrons. The predicted molar refractivity (Wildman–Crippen MR) is 96.6 cm³/mol. The van der Waals surface area contributed by atoms with Crippen LogP contribution in [0, 0.1) is 5.82 Å². The van der Waals surface area contributed by atoms with Crippen molar-refractivity contribution < 1.29 is 18.7 Å². The van der Waals surface area contributed by atoms with Gasteiger partial charge in [-0.2, -0.15) is 0 Å². The topological polar surface area (TPSA) is 55.4 Å². The third-order valence-corrected chi connectivity index (χ3v) is 4.82. The van der Waals surface area contributed by atoms with Crippen LogP contribution in [0.25, 0.3) is 0 Å². The number of amides is 1. The van der Waals surface area contributed by atoms with Gasteiger partial charge in [-0.3, -0.25) is 4.79 Å². The fraction of sp³-hybridized carbons (Fsp3) is 0.300. The lowest BCUT2D eigenvalue weighted by molar-refractivity contribution is -0.130. The van der Waals surface area contributed by atoms with Crippen LogP contribution in [0.5, 0.6) is 0 Å². The van der Waals surface area contributed by atoms with Crippen LogP contribution in [-0.2, 0) is 16.0 Å². The van der Waals surface area contributed by atoms with Crippen molar-refractivity contribution in [3.63, 3.8) is 0 Å². The molecule has 136 valence electrons. The van der Waals surface area contributed by atoms with Gasteiger partial charge >= 0.3 is 5.97 Å². The zero-order chi connectivity index (χ0) is 18.7. The molecule has 0 saturated carbocycles. The highest BCUT2D eigenvalue weighted by Crippen LogP contribution is 2.29. The number of benzene rings is 2. The lowest BCUT2D eigenvalue weighted by atomic mass is 9.87. The number of nitrogens with one attached hydrogen (secondary N) is 1. The predicted octanol–water partition coefficient (Wildman–Crippen LogP) is 4.22. The van der Waals surface area contributed by atoms with Crippen LogP contribution in [0.2, 0.25) is 5.02 Å². The Morgan fingerprint density at radius 2 is 2.00 bits per heavy atom. The second-order valence-corrected chi connectivity index (χ2v) is 6.70. The first-order chi connectivity index (χ1) is 12.5. The van der Waals surface area contributed by atoms with Gasteiger partial charge in [0.25, 0.3) is 5.91 Å². The second-order valence-electron chi connectivity index (χ2n) is 6.30. The lowest BCUT2D eigenvalue weighted by Gasteiger charge is -2.27. The number of hydrogen-bond acceptors (Lipinski definition) is 3. The van der Waals surface area contributed by atoms with Gasteiger partial charge in [-0.25, -0.2) is 9.18 Å². The molecule has 0 bridgehead atoms. The van der Waals surface area contributed by atoms with Crippen LogP contribution in [0.1, 0.15) is 47.3 Å². The molecular formula is C20H19ClFNO3. The number of halogens is 2. The SMILES string of the molecule is C[C@H](OC(=O)c1c(F)cccc1Cl)C(=O)N[C@H]1CCCc2ccccc21. The van der Waals surface area contributed by atoms with Crippen molar-refractivity contribution in [3.05, 3.63) is 70.0 Å². The first kappa shape index (κ1) is 18.4. The van der Waals surface area contributed by atoms with Crippen LogP contribution in [-0.4, -0.2) is 18.0 Å². The summed E-state index contributed by atoms with van der Waals surface area (Å²) in [4.78, 5) is 24.6. The van der Waals surface area contributed by atoms with E-state index in [0.717, 1.165) is 30.9 Å². The molecule has 0 fully saturated rings. The van der Waals surface area contributed by atoms with Crippen molar-refractivity contribution >= 4 is 23.5 Å². The molecule has 2 aromatic carbocycles. The van der Waals surface area contributed by atoms with E-state index in [9.17, 15) is 14.0 Å². The molecule has 0 unspecified atom stereocenters. The normalized spacial score (nSPS) is 17.1. The Labute approximate surface area is 156 Å². The molecule has 1 N–H and O–H groups in total. The second kappa shape index (κ2) is 7.87. The fourth-order valence-corrected chi connectivity index (χ4v) is 3.40. The summed E-state index contributed by atoms with van der Waals surface area (Å²) in [5.74, 6) is -2.16. The summed E-state index contributed by atoms with van der Waals surface area (Å²) in [6.07, 6.45) is 1.72. The van der Waals surface area contributed by atoms with E-state index in [-0.39, 0.29) is 16.6 Å². The molecule has 0 saturated heterocycles. The monoisotopic (exact) mass is 375 g/mol. The zero-order valence-electron chi connectivity index (χ0n) is 14.3. The van der Waals surface area contributed by atoms with Gasteiger partial charge in [0, 0.05) is 0 Å². The number of rotatable bonds is 4. The summed E-state index contributed by atoms with van der Waals surface area (Å²) in [6, 6.07) is 11.7. The Bertz CT molecular complexity index is 819. The number of carbonyl (C=O) groups excluding carboxylic acids is 2. The minimum absolute atomic E-state index is 0.0520. The maximum Gasteiger partial charge on any atom is 0.343 e. The van der Waals surface area contributed by atoms with Crippen molar-refractivity contribution in [3.8, 4) is 0 Å². The molecule has 1 aliphatic carbocycles. The van der Waals surface area contributed by atoms with Crippen LogP contribution in [0.3, 0.4) is 0 Å². The Hall–Kier alpha value is -2.40. The maximum absolute atomic E-state index is 13.8. The zero-order valence-corrected chi connectivity index (χ0v) is 15.1. The molecule has 1 aliphatic rings. The number of ether oxygens (including phenoxy) is 1. The van der Waals surface area contributed by atoms with Crippen molar-refractivity contribution in [1.29, 1.82) is 0 Å². The smallest absolute Gasteiger partial charge is 0.343 e. The highest BCUT2D eigenvalue weighted by molar-refractivity contribution is 6.33. The number of carbonyl (C=O) groups is 2. The van der Waals surface area contributed by atoms with Crippen LogP contribution < -0.4 is 5.32 Å². The van der Waals surface area contributed by atoms with E-state index < -0.39 is 23.8 Å². The molecule has 1 amide bonds. The average molecular weight is 376 g/mol. The third-order valence-electron chi connectivity index (χ3n) is 4.51. The molecule has 3 rings (SSSR count). The van der Waals surface area contributed by atoms with E-state index >= 15 is 0 Å². The van der Waals surface area contributed by atoms with Gasteiger partial charge < -0.3 is 10.1 Å². The first-order valence-corrected chi connectivity index (χ1v) is 8.88. The Morgan fingerprint density at radius 3 is 2.77 bits per heavy atom. The van der Waals surface area contributed by atoms with Gasteiger partial charge in [0.05, 0.1) is 11.1 Å². The average Bonchev–Trinajstić information content (AvgIpc) is 2.61. The number of esters is 1. The third kappa shape index (κ3) is 3.88. The summed E-state index contributed by atoms with van der Waals surface area (Å²) in [7, 11) is 0. The Balaban J connectivity index is 1.67. The highest BCUT2D eigenvalue weighted by atomic mass is 35.5. The Morgan fingerprint density at radius 1 is 1.23 bits per heavy atom. The molecule has 0 spiro atoms. The van der Waals surface area contributed by atoms with Gasteiger partial charge in [0.1, 0.15) is 11.4 Å². The number of hydrogen-bond donors (Lipinski definition) is 1. The van der Waals surface area contributed by atoms with Gasteiger partial charge in [0.15, 0.2) is 6.10 Å². The summed E-state index contributed by atoms with van der Waals surface area (Å²) < 4.78 is 18.9. The van der Waals surface area contributed by atoms with Gasteiger partial charge in [0.2, 0.25) is 0 Å². The Kier molecular flexibility index (Phi) is 5.57. The first-order valence-electron chi connectivity index (χ1n) is 8.50. The summed E-state index contributed by atoms with van der Waals surface area (Å²) in [5.41, 5.74) is 1.94. The van der Waals surface area contributed by atoms with Crippen LogP contribution in [0.15, 0.2) is 42.5 Å². The fourth-order valence-electron chi connectivity index (χ4n) is 3.16. The van der Waals surface area contributed by atoms with Crippen LogP contribution >= 0.6 is 11.6 Å². The summed E-state index contributed by atoms with van der Waals surface area (Å²) in [6.45, 7) is 1.46. The molecule has 0 aromatic heterocycles. The molecule has 2 aromatic rings. The maximum atomic E-state index is 13.8. The standard InChI is InChI=1S/C20H19ClFNO3/c1-12(26-20(25)18-15(21)9-5-10-16(18)22)19(24)23-17-11-4-7-13-6-2-3-8-14(13)17/h2-3,5-6,8-10,12,17H,4,7,11H2,1H3,(H,23,24)/t12-,17-/m0/s1. The van der Waals surface area contributed by atoms with Crippen molar-refractivity contribution in [1.82, 2.24) is 5.32 Å². The minimum Gasteiger partial charge on any atom is -0.449 e. The summed E-state index contributed by atoms with van der Waals surface area (Å²) >= 11 is 5.86. The number of aryl methyl sites for hydroxylation is 1. The van der Waals surface area contributed by atoms with Gasteiger partial charge in [-0.05, 0) is 49.4 Å². The van der Waals surface area contributed by atoms with Crippen molar-refractivity contribution in [2.24, 2.45) is 0 Å². The molecule has 6 heteroatoms. The van der Waals surface area contributed by atoms with E-state index in [1.807, 2.05) is 18.2 Å². The van der Waals surface area contributed by atoms with E-state index in [1.54, 1.807) is 0 Å². The molecule has 26 heavy (non-hydrogen) atoms.